The molecule has 158 valence electrons. The number of hydrogen-bond acceptors (Lipinski definition) is 6. The Morgan fingerprint density at radius 2 is 2.17 bits per heavy atom. The Morgan fingerprint density at radius 3 is 2.90 bits per heavy atom. The molecule has 1 fully saturated rings. The van der Waals surface area contributed by atoms with Crippen molar-refractivity contribution in [1.82, 2.24) is 15.2 Å². The summed E-state index contributed by atoms with van der Waals surface area (Å²) < 4.78 is 16.8. The second kappa shape index (κ2) is 10.5. The van der Waals surface area contributed by atoms with Crippen molar-refractivity contribution >= 4 is 16.8 Å². The van der Waals surface area contributed by atoms with Crippen molar-refractivity contribution in [2.75, 3.05) is 40.0 Å². The molecule has 0 radical (unpaired) electrons. The van der Waals surface area contributed by atoms with E-state index in [0.29, 0.717) is 32.9 Å². The maximum absolute atomic E-state index is 13.0. The van der Waals surface area contributed by atoms with Crippen LogP contribution in [0.3, 0.4) is 0 Å². The first-order chi connectivity index (χ1) is 14.1. The zero-order valence-corrected chi connectivity index (χ0v) is 17.5. The van der Waals surface area contributed by atoms with Gasteiger partial charge in [-0.2, -0.15) is 0 Å². The number of pyridine rings is 1. The summed E-state index contributed by atoms with van der Waals surface area (Å²) in [5.41, 5.74) is 1.66. The van der Waals surface area contributed by atoms with Crippen LogP contribution in [0.4, 0.5) is 0 Å². The van der Waals surface area contributed by atoms with Gasteiger partial charge in [0.2, 0.25) is 0 Å². The van der Waals surface area contributed by atoms with Crippen molar-refractivity contribution in [3.05, 3.63) is 36.0 Å². The van der Waals surface area contributed by atoms with E-state index < -0.39 is 6.10 Å². The van der Waals surface area contributed by atoms with Crippen molar-refractivity contribution in [3.8, 4) is 5.75 Å². The van der Waals surface area contributed by atoms with Gasteiger partial charge in [0.15, 0.2) is 0 Å². The number of methoxy groups -OCH3 is 1. The molecule has 1 amide bonds. The lowest BCUT2D eigenvalue weighted by atomic mass is 10.1. The van der Waals surface area contributed by atoms with E-state index in [1.807, 2.05) is 49.1 Å². The predicted octanol–water partition coefficient (Wildman–Crippen LogP) is 2.38. The minimum atomic E-state index is -0.448. The molecule has 1 aromatic heterocycles. The highest BCUT2D eigenvalue weighted by molar-refractivity contribution is 5.85. The number of nitrogens with one attached hydrogen (secondary N) is 1. The van der Waals surface area contributed by atoms with E-state index in [0.717, 1.165) is 35.3 Å². The van der Waals surface area contributed by atoms with Crippen LogP contribution >= 0.6 is 0 Å². The largest absolute Gasteiger partial charge is 0.493 e. The first-order valence-corrected chi connectivity index (χ1v) is 10.2. The van der Waals surface area contributed by atoms with Crippen LogP contribution in [0.25, 0.3) is 10.9 Å². The second-order valence-corrected chi connectivity index (χ2v) is 7.45. The number of carbonyl (C=O) groups excluding carboxylic acids is 1. The molecule has 0 bridgehead atoms. The SMILES string of the molecule is COCCCOc1cc(CN(C(=O)[C@H]2CNCCO2)C(C)C)nc2ccccc12. The van der Waals surface area contributed by atoms with Crippen molar-refractivity contribution < 1.29 is 19.0 Å². The summed E-state index contributed by atoms with van der Waals surface area (Å²) in [7, 11) is 1.68. The van der Waals surface area contributed by atoms with Crippen LogP contribution in [0, 0.1) is 0 Å². The van der Waals surface area contributed by atoms with Crippen LogP contribution < -0.4 is 10.1 Å². The molecule has 2 aromatic rings. The van der Waals surface area contributed by atoms with Crippen molar-refractivity contribution in [1.29, 1.82) is 0 Å². The average molecular weight is 402 g/mol. The third-order valence-corrected chi connectivity index (χ3v) is 4.92. The van der Waals surface area contributed by atoms with Crippen molar-refractivity contribution in [3.63, 3.8) is 0 Å². The number of morpholine rings is 1. The summed E-state index contributed by atoms with van der Waals surface area (Å²) in [5, 5.41) is 4.19. The Hall–Kier alpha value is -2.22. The van der Waals surface area contributed by atoms with Crippen LogP contribution in [0.1, 0.15) is 26.0 Å². The molecule has 29 heavy (non-hydrogen) atoms. The molecule has 1 N–H and O–H groups in total. The lowest BCUT2D eigenvalue weighted by Gasteiger charge is -2.32. The molecule has 1 saturated heterocycles. The molecular formula is C22H31N3O4. The molecule has 0 aliphatic carbocycles. The fourth-order valence-corrected chi connectivity index (χ4v) is 3.38. The number of benzene rings is 1. The minimum Gasteiger partial charge on any atom is -0.493 e. The quantitative estimate of drug-likeness (QED) is 0.651. The molecule has 1 aliphatic rings. The van der Waals surface area contributed by atoms with Gasteiger partial charge in [0.05, 0.1) is 31.0 Å². The monoisotopic (exact) mass is 401 g/mol. The third-order valence-electron chi connectivity index (χ3n) is 4.92. The van der Waals surface area contributed by atoms with E-state index in [4.69, 9.17) is 19.2 Å². The van der Waals surface area contributed by atoms with Crippen molar-refractivity contribution in [2.24, 2.45) is 0 Å². The van der Waals surface area contributed by atoms with Gasteiger partial charge in [-0.15, -0.1) is 0 Å². The molecule has 1 aromatic carbocycles. The van der Waals surface area contributed by atoms with Gasteiger partial charge in [0, 0.05) is 50.7 Å². The van der Waals surface area contributed by atoms with Crippen LogP contribution in [-0.2, 0) is 20.8 Å². The second-order valence-electron chi connectivity index (χ2n) is 7.45. The number of aromatic nitrogens is 1. The Labute approximate surface area is 172 Å². The highest BCUT2D eigenvalue weighted by atomic mass is 16.5. The highest BCUT2D eigenvalue weighted by Gasteiger charge is 2.29. The summed E-state index contributed by atoms with van der Waals surface area (Å²) in [5.74, 6) is 0.776. The fourth-order valence-electron chi connectivity index (χ4n) is 3.38. The van der Waals surface area contributed by atoms with E-state index in [-0.39, 0.29) is 11.9 Å². The van der Waals surface area contributed by atoms with Gasteiger partial charge in [-0.1, -0.05) is 12.1 Å². The summed E-state index contributed by atoms with van der Waals surface area (Å²) >= 11 is 0. The Morgan fingerprint density at radius 1 is 1.34 bits per heavy atom. The van der Waals surface area contributed by atoms with Crippen LogP contribution in [0.2, 0.25) is 0 Å². The van der Waals surface area contributed by atoms with E-state index >= 15 is 0 Å². The number of ether oxygens (including phenoxy) is 3. The molecule has 0 spiro atoms. The maximum Gasteiger partial charge on any atom is 0.253 e. The minimum absolute atomic E-state index is 0.00952. The average Bonchev–Trinajstić information content (AvgIpc) is 2.75. The van der Waals surface area contributed by atoms with Gasteiger partial charge < -0.3 is 24.4 Å². The van der Waals surface area contributed by atoms with Crippen LogP contribution in [0.15, 0.2) is 30.3 Å². The zero-order valence-electron chi connectivity index (χ0n) is 17.5. The van der Waals surface area contributed by atoms with Gasteiger partial charge in [0.1, 0.15) is 11.9 Å². The number of nitrogens with zero attached hydrogens (tertiary/aromatic N) is 2. The van der Waals surface area contributed by atoms with E-state index in [1.54, 1.807) is 7.11 Å². The summed E-state index contributed by atoms with van der Waals surface area (Å²) in [4.78, 5) is 19.6. The third kappa shape index (κ3) is 5.65. The lowest BCUT2D eigenvalue weighted by molar-refractivity contribution is -0.147. The number of fused-ring (bicyclic) bond motifs is 1. The normalized spacial score (nSPS) is 16.9. The van der Waals surface area contributed by atoms with Gasteiger partial charge in [-0.3, -0.25) is 9.78 Å². The highest BCUT2D eigenvalue weighted by Crippen LogP contribution is 2.26. The first-order valence-electron chi connectivity index (χ1n) is 10.2. The molecule has 7 nitrogen and oxygen atoms in total. The molecule has 1 atom stereocenters. The number of carbonyl (C=O) groups is 1. The van der Waals surface area contributed by atoms with Gasteiger partial charge >= 0.3 is 0 Å². The van der Waals surface area contributed by atoms with E-state index in [1.165, 1.54) is 0 Å². The zero-order chi connectivity index (χ0) is 20.6. The summed E-state index contributed by atoms with van der Waals surface area (Å²) in [6.45, 7) is 7.53. The molecule has 0 saturated carbocycles. The fraction of sp³-hybridized carbons (Fsp3) is 0.545. The van der Waals surface area contributed by atoms with Gasteiger partial charge in [-0.05, 0) is 26.0 Å². The first kappa shape index (κ1) is 21.5. The molecular weight excluding hydrogens is 370 g/mol. The van der Waals surface area contributed by atoms with Crippen LogP contribution in [0.5, 0.6) is 5.75 Å². The summed E-state index contributed by atoms with van der Waals surface area (Å²) in [6, 6.07) is 9.88. The number of rotatable bonds is 9. The number of hydrogen-bond donors (Lipinski definition) is 1. The standard InChI is InChI=1S/C22H31N3O4/c1-16(2)25(22(26)21-14-23-9-12-29-21)15-17-13-20(28-11-6-10-27-3)18-7-4-5-8-19(18)24-17/h4-5,7-8,13,16,21,23H,6,9-12,14-15H2,1-3H3/t21-/m1/s1. The van der Waals surface area contributed by atoms with Gasteiger partial charge in [-0.25, -0.2) is 0 Å². The molecule has 0 unspecified atom stereocenters. The maximum atomic E-state index is 13.0. The van der Waals surface area contributed by atoms with Crippen molar-refractivity contribution in [2.45, 2.75) is 39.0 Å². The molecule has 1 aliphatic heterocycles. The lowest BCUT2D eigenvalue weighted by Crippen LogP contribution is -2.51. The van der Waals surface area contributed by atoms with E-state index in [2.05, 4.69) is 5.32 Å². The molecule has 2 heterocycles. The molecule has 3 rings (SSSR count). The Balaban J connectivity index is 1.81. The van der Waals surface area contributed by atoms with E-state index in [9.17, 15) is 4.79 Å². The molecule has 7 heteroatoms. The summed E-state index contributed by atoms with van der Waals surface area (Å²) in [6.07, 6.45) is 0.363. The topological polar surface area (TPSA) is 72.9 Å². The number of para-hydroxylation sites is 1. The van der Waals surface area contributed by atoms with Gasteiger partial charge in [0.25, 0.3) is 5.91 Å². The Kier molecular flexibility index (Phi) is 7.80. The smallest absolute Gasteiger partial charge is 0.253 e. The van der Waals surface area contributed by atoms with Crippen LogP contribution in [-0.4, -0.2) is 68.0 Å². The predicted molar refractivity (Wildman–Crippen MR) is 112 cm³/mol. The Bertz CT molecular complexity index is 806. The number of amides is 1.